The minimum absolute atomic E-state index is 0.349. The number of rotatable bonds is 2. The molecule has 90 valence electrons. The Morgan fingerprint density at radius 3 is 2.69 bits per heavy atom. The Labute approximate surface area is 98.7 Å². The second-order valence-corrected chi connectivity index (χ2v) is 5.68. The SMILES string of the molecule is CC(C)CN1C(=O)CC(C)C2=C1CCCC2. The monoisotopic (exact) mass is 221 g/mol. The first kappa shape index (κ1) is 11.7. The summed E-state index contributed by atoms with van der Waals surface area (Å²) in [7, 11) is 0. The molecule has 0 aromatic carbocycles. The van der Waals surface area contributed by atoms with E-state index in [1.165, 1.54) is 25.0 Å². The van der Waals surface area contributed by atoms with Gasteiger partial charge in [0.1, 0.15) is 0 Å². The van der Waals surface area contributed by atoms with E-state index in [-0.39, 0.29) is 0 Å². The molecule has 0 N–H and O–H groups in total. The van der Waals surface area contributed by atoms with E-state index in [0.29, 0.717) is 17.7 Å². The third kappa shape index (κ3) is 2.16. The van der Waals surface area contributed by atoms with E-state index in [0.717, 1.165) is 19.4 Å². The quantitative estimate of drug-likeness (QED) is 0.700. The summed E-state index contributed by atoms with van der Waals surface area (Å²) in [5, 5.41) is 0. The van der Waals surface area contributed by atoms with Crippen molar-refractivity contribution in [3.05, 3.63) is 11.3 Å². The van der Waals surface area contributed by atoms with Gasteiger partial charge in [0.05, 0.1) is 0 Å². The van der Waals surface area contributed by atoms with Crippen molar-refractivity contribution in [2.24, 2.45) is 11.8 Å². The Morgan fingerprint density at radius 2 is 2.00 bits per heavy atom. The first-order chi connectivity index (χ1) is 7.59. The van der Waals surface area contributed by atoms with Crippen LogP contribution in [-0.2, 0) is 4.79 Å². The topological polar surface area (TPSA) is 20.3 Å². The standard InChI is InChI=1S/C14H23NO/c1-10(2)9-15-13-7-5-4-6-12(13)11(3)8-14(15)16/h10-11H,4-9H2,1-3H3. The molecular weight excluding hydrogens is 198 g/mol. The zero-order chi connectivity index (χ0) is 11.7. The summed E-state index contributed by atoms with van der Waals surface area (Å²) in [5.41, 5.74) is 2.95. The number of amides is 1. The normalized spacial score (nSPS) is 26.4. The number of carbonyl (C=O) groups is 1. The van der Waals surface area contributed by atoms with Crippen LogP contribution in [0.5, 0.6) is 0 Å². The van der Waals surface area contributed by atoms with E-state index < -0.39 is 0 Å². The molecule has 0 fully saturated rings. The highest BCUT2D eigenvalue weighted by atomic mass is 16.2. The van der Waals surface area contributed by atoms with Gasteiger partial charge in [0.2, 0.25) is 5.91 Å². The molecule has 1 atom stereocenters. The largest absolute Gasteiger partial charge is 0.316 e. The van der Waals surface area contributed by atoms with Crippen LogP contribution in [0.1, 0.15) is 52.9 Å². The lowest BCUT2D eigenvalue weighted by Crippen LogP contribution is -2.40. The molecule has 0 aromatic heterocycles. The summed E-state index contributed by atoms with van der Waals surface area (Å²) in [6, 6.07) is 0. The van der Waals surface area contributed by atoms with E-state index in [9.17, 15) is 4.79 Å². The summed E-state index contributed by atoms with van der Waals surface area (Å²) in [6.45, 7) is 7.50. The number of hydrogen-bond donors (Lipinski definition) is 0. The average molecular weight is 221 g/mol. The van der Waals surface area contributed by atoms with Crippen molar-refractivity contribution >= 4 is 5.91 Å². The maximum atomic E-state index is 12.1. The molecule has 1 aliphatic heterocycles. The minimum atomic E-state index is 0.349. The highest BCUT2D eigenvalue weighted by Gasteiger charge is 2.32. The van der Waals surface area contributed by atoms with Crippen molar-refractivity contribution in [1.29, 1.82) is 0 Å². The summed E-state index contributed by atoms with van der Waals surface area (Å²) < 4.78 is 0. The molecule has 0 aromatic rings. The van der Waals surface area contributed by atoms with E-state index in [2.05, 4.69) is 25.7 Å². The molecule has 0 saturated heterocycles. The minimum Gasteiger partial charge on any atom is -0.316 e. The van der Waals surface area contributed by atoms with Crippen LogP contribution in [0.4, 0.5) is 0 Å². The highest BCUT2D eigenvalue weighted by Crippen LogP contribution is 2.37. The molecular formula is C14H23NO. The van der Waals surface area contributed by atoms with Crippen LogP contribution in [0.15, 0.2) is 11.3 Å². The van der Waals surface area contributed by atoms with Crippen LogP contribution in [-0.4, -0.2) is 17.4 Å². The third-order valence-corrected chi connectivity index (χ3v) is 3.73. The van der Waals surface area contributed by atoms with Gasteiger partial charge in [-0.25, -0.2) is 0 Å². The lowest BCUT2D eigenvalue weighted by atomic mass is 9.82. The number of allylic oxidation sites excluding steroid dienone is 2. The van der Waals surface area contributed by atoms with Gasteiger partial charge < -0.3 is 4.90 Å². The van der Waals surface area contributed by atoms with Crippen molar-refractivity contribution in [1.82, 2.24) is 4.90 Å². The zero-order valence-corrected chi connectivity index (χ0v) is 10.8. The molecule has 0 radical (unpaired) electrons. The van der Waals surface area contributed by atoms with Gasteiger partial charge in [-0.3, -0.25) is 4.79 Å². The molecule has 2 rings (SSSR count). The van der Waals surface area contributed by atoms with Crippen LogP contribution in [0.3, 0.4) is 0 Å². The molecule has 1 unspecified atom stereocenters. The molecule has 1 amide bonds. The summed E-state index contributed by atoms with van der Waals surface area (Å²) in [6.07, 6.45) is 5.64. The number of hydrogen-bond acceptors (Lipinski definition) is 1. The first-order valence-corrected chi connectivity index (χ1v) is 6.62. The molecule has 1 heterocycles. The fraction of sp³-hybridized carbons (Fsp3) is 0.786. The van der Waals surface area contributed by atoms with E-state index >= 15 is 0 Å². The highest BCUT2D eigenvalue weighted by molar-refractivity contribution is 5.80. The predicted molar refractivity (Wildman–Crippen MR) is 65.8 cm³/mol. The van der Waals surface area contributed by atoms with Gasteiger partial charge in [-0.1, -0.05) is 20.8 Å². The number of nitrogens with zero attached hydrogens (tertiary/aromatic N) is 1. The van der Waals surface area contributed by atoms with Crippen LogP contribution in [0.2, 0.25) is 0 Å². The van der Waals surface area contributed by atoms with Gasteiger partial charge in [0, 0.05) is 18.7 Å². The maximum absolute atomic E-state index is 12.1. The van der Waals surface area contributed by atoms with E-state index in [1.807, 2.05) is 0 Å². The first-order valence-electron chi connectivity index (χ1n) is 6.62. The Kier molecular flexibility index (Phi) is 3.36. The van der Waals surface area contributed by atoms with Crippen molar-refractivity contribution in [2.75, 3.05) is 6.54 Å². The smallest absolute Gasteiger partial charge is 0.227 e. The molecule has 0 bridgehead atoms. The van der Waals surface area contributed by atoms with E-state index in [4.69, 9.17) is 0 Å². The Morgan fingerprint density at radius 1 is 1.31 bits per heavy atom. The Bertz CT molecular complexity index is 317. The molecule has 0 saturated carbocycles. The third-order valence-electron chi connectivity index (χ3n) is 3.73. The van der Waals surface area contributed by atoms with Gasteiger partial charge in [0.15, 0.2) is 0 Å². The van der Waals surface area contributed by atoms with Crippen molar-refractivity contribution < 1.29 is 4.79 Å². The molecule has 2 aliphatic rings. The van der Waals surface area contributed by atoms with Gasteiger partial charge >= 0.3 is 0 Å². The second kappa shape index (κ2) is 4.60. The Hall–Kier alpha value is -0.790. The molecule has 1 aliphatic carbocycles. The molecule has 2 nitrogen and oxygen atoms in total. The fourth-order valence-corrected chi connectivity index (χ4v) is 2.97. The van der Waals surface area contributed by atoms with Crippen LogP contribution in [0, 0.1) is 11.8 Å². The van der Waals surface area contributed by atoms with Gasteiger partial charge in [-0.2, -0.15) is 0 Å². The summed E-state index contributed by atoms with van der Waals surface area (Å²) >= 11 is 0. The molecule has 0 spiro atoms. The zero-order valence-electron chi connectivity index (χ0n) is 10.8. The van der Waals surface area contributed by atoms with Gasteiger partial charge in [0.25, 0.3) is 0 Å². The predicted octanol–water partition coefficient (Wildman–Crippen LogP) is 3.34. The summed E-state index contributed by atoms with van der Waals surface area (Å²) in [4.78, 5) is 14.2. The Balaban J connectivity index is 2.27. The average Bonchev–Trinajstić information content (AvgIpc) is 2.24. The van der Waals surface area contributed by atoms with Crippen LogP contribution < -0.4 is 0 Å². The number of carbonyl (C=O) groups excluding carboxylic acids is 1. The molecule has 2 heteroatoms. The van der Waals surface area contributed by atoms with Crippen molar-refractivity contribution in [3.8, 4) is 0 Å². The second-order valence-electron chi connectivity index (χ2n) is 5.68. The lowest BCUT2D eigenvalue weighted by Gasteiger charge is -2.38. The van der Waals surface area contributed by atoms with Crippen molar-refractivity contribution in [2.45, 2.75) is 52.9 Å². The van der Waals surface area contributed by atoms with Crippen LogP contribution in [0.25, 0.3) is 0 Å². The lowest BCUT2D eigenvalue weighted by molar-refractivity contribution is -0.131. The van der Waals surface area contributed by atoms with Gasteiger partial charge in [-0.05, 0) is 43.1 Å². The molecule has 16 heavy (non-hydrogen) atoms. The van der Waals surface area contributed by atoms with Gasteiger partial charge in [-0.15, -0.1) is 0 Å². The maximum Gasteiger partial charge on any atom is 0.227 e. The van der Waals surface area contributed by atoms with Crippen LogP contribution >= 0.6 is 0 Å². The fourth-order valence-electron chi connectivity index (χ4n) is 2.97. The summed E-state index contributed by atoms with van der Waals surface area (Å²) in [5.74, 6) is 1.40. The van der Waals surface area contributed by atoms with Crippen molar-refractivity contribution in [3.63, 3.8) is 0 Å². The van der Waals surface area contributed by atoms with E-state index in [1.54, 1.807) is 5.57 Å².